The van der Waals surface area contributed by atoms with Crippen molar-refractivity contribution in [1.29, 1.82) is 0 Å². The van der Waals surface area contributed by atoms with E-state index < -0.39 is 11.7 Å². The van der Waals surface area contributed by atoms with Crippen molar-refractivity contribution < 1.29 is 18.0 Å². The molecule has 13 heavy (non-hydrogen) atoms. The van der Waals surface area contributed by atoms with E-state index in [2.05, 4.69) is 0 Å². The number of rotatable bonds is 2. The first-order valence-electron chi connectivity index (χ1n) is 3.54. The van der Waals surface area contributed by atoms with Gasteiger partial charge in [-0.2, -0.15) is 13.2 Å². The topological polar surface area (TPSA) is 17.1 Å². The second-order valence-corrected chi connectivity index (χ2v) is 3.63. The smallest absolute Gasteiger partial charge is 0.300 e. The standard InChI is InChI=1S/C8H7F3OS/c1-5(12)4-7-6(2-3-13-7)8(9,10)11/h2-3H,4H2,1H3. The summed E-state index contributed by atoms with van der Waals surface area (Å²) in [6.45, 7) is 1.28. The van der Waals surface area contributed by atoms with E-state index in [1.165, 1.54) is 12.3 Å². The summed E-state index contributed by atoms with van der Waals surface area (Å²) in [5.74, 6) is -0.257. The molecule has 0 radical (unpaired) electrons. The molecule has 0 aliphatic heterocycles. The molecule has 0 saturated carbocycles. The van der Waals surface area contributed by atoms with E-state index in [4.69, 9.17) is 0 Å². The van der Waals surface area contributed by atoms with Crippen molar-refractivity contribution in [1.82, 2.24) is 0 Å². The van der Waals surface area contributed by atoms with Crippen molar-refractivity contribution in [2.24, 2.45) is 0 Å². The molecule has 1 nitrogen and oxygen atoms in total. The van der Waals surface area contributed by atoms with Gasteiger partial charge in [0.1, 0.15) is 5.78 Å². The third-order valence-electron chi connectivity index (χ3n) is 1.46. The van der Waals surface area contributed by atoms with E-state index in [-0.39, 0.29) is 17.1 Å². The first kappa shape index (κ1) is 10.2. The minimum Gasteiger partial charge on any atom is -0.300 e. The van der Waals surface area contributed by atoms with Crippen LogP contribution in [-0.2, 0) is 17.4 Å². The zero-order valence-corrected chi connectivity index (χ0v) is 7.63. The van der Waals surface area contributed by atoms with Crippen LogP contribution in [0.15, 0.2) is 11.4 Å². The average molecular weight is 208 g/mol. The number of Topliss-reactive ketones (excluding diaryl/α,β-unsaturated/α-hetero) is 1. The Labute approximate surface area is 77.2 Å². The van der Waals surface area contributed by atoms with Crippen LogP contribution in [0.5, 0.6) is 0 Å². The van der Waals surface area contributed by atoms with Crippen LogP contribution >= 0.6 is 11.3 Å². The predicted octanol–water partition coefficient (Wildman–Crippen LogP) is 2.90. The molecule has 0 unspecified atom stereocenters. The molecule has 0 amide bonds. The minimum absolute atomic E-state index is 0.0972. The number of halogens is 3. The zero-order valence-electron chi connectivity index (χ0n) is 6.81. The molecular weight excluding hydrogens is 201 g/mol. The van der Waals surface area contributed by atoms with Crippen LogP contribution < -0.4 is 0 Å². The molecule has 0 aliphatic rings. The second-order valence-electron chi connectivity index (χ2n) is 2.63. The SMILES string of the molecule is CC(=O)Cc1sccc1C(F)(F)F. The summed E-state index contributed by atoms with van der Waals surface area (Å²) in [5.41, 5.74) is -0.687. The molecule has 0 spiro atoms. The van der Waals surface area contributed by atoms with Gasteiger partial charge in [0, 0.05) is 11.3 Å². The molecule has 1 rings (SSSR count). The van der Waals surface area contributed by atoms with Crippen molar-refractivity contribution in [2.45, 2.75) is 19.5 Å². The van der Waals surface area contributed by atoms with Gasteiger partial charge < -0.3 is 0 Å². The number of alkyl halides is 3. The maximum absolute atomic E-state index is 12.2. The first-order chi connectivity index (χ1) is 5.91. The highest BCUT2D eigenvalue weighted by molar-refractivity contribution is 7.10. The zero-order chi connectivity index (χ0) is 10.1. The van der Waals surface area contributed by atoms with Crippen molar-refractivity contribution >= 4 is 17.1 Å². The fourth-order valence-electron chi connectivity index (χ4n) is 0.956. The van der Waals surface area contributed by atoms with Gasteiger partial charge in [-0.15, -0.1) is 11.3 Å². The molecule has 0 saturated heterocycles. The molecule has 0 atom stereocenters. The lowest BCUT2D eigenvalue weighted by Gasteiger charge is -2.05. The monoisotopic (exact) mass is 208 g/mol. The highest BCUT2D eigenvalue weighted by Gasteiger charge is 2.34. The van der Waals surface area contributed by atoms with Crippen molar-refractivity contribution in [2.75, 3.05) is 0 Å². The lowest BCUT2D eigenvalue weighted by atomic mass is 10.2. The van der Waals surface area contributed by atoms with E-state index >= 15 is 0 Å². The van der Waals surface area contributed by atoms with Crippen LogP contribution in [0.4, 0.5) is 13.2 Å². The molecule has 0 bridgehead atoms. The number of carbonyl (C=O) groups excluding carboxylic acids is 1. The van der Waals surface area contributed by atoms with E-state index in [9.17, 15) is 18.0 Å². The molecule has 0 fully saturated rings. The van der Waals surface area contributed by atoms with Crippen LogP contribution in [0.25, 0.3) is 0 Å². The maximum Gasteiger partial charge on any atom is 0.417 e. The Morgan fingerprint density at radius 3 is 2.62 bits per heavy atom. The summed E-state index contributed by atoms with van der Waals surface area (Å²) in [6, 6.07) is 1.00. The van der Waals surface area contributed by atoms with Gasteiger partial charge >= 0.3 is 6.18 Å². The molecular formula is C8H7F3OS. The Kier molecular flexibility index (Phi) is 2.75. The third-order valence-corrected chi connectivity index (χ3v) is 2.38. The van der Waals surface area contributed by atoms with Gasteiger partial charge in [-0.25, -0.2) is 0 Å². The van der Waals surface area contributed by atoms with Crippen LogP contribution in [-0.4, -0.2) is 5.78 Å². The first-order valence-corrected chi connectivity index (χ1v) is 4.42. The average Bonchev–Trinajstić information content (AvgIpc) is 2.31. The molecule has 1 aromatic rings. The van der Waals surface area contributed by atoms with E-state index in [0.29, 0.717) is 0 Å². The number of carbonyl (C=O) groups is 1. The summed E-state index contributed by atoms with van der Waals surface area (Å²) < 4.78 is 36.7. The normalized spacial score (nSPS) is 11.7. The number of thiophene rings is 1. The summed E-state index contributed by atoms with van der Waals surface area (Å²) in [6.07, 6.45) is -4.47. The Bertz CT molecular complexity index is 313. The van der Waals surface area contributed by atoms with Gasteiger partial charge in [0.25, 0.3) is 0 Å². The van der Waals surface area contributed by atoms with Crippen LogP contribution in [0.1, 0.15) is 17.4 Å². The van der Waals surface area contributed by atoms with Crippen LogP contribution in [0.3, 0.4) is 0 Å². The maximum atomic E-state index is 12.2. The van der Waals surface area contributed by atoms with Crippen molar-refractivity contribution in [3.8, 4) is 0 Å². The molecule has 1 aromatic heterocycles. The molecule has 72 valence electrons. The molecule has 0 aromatic carbocycles. The van der Waals surface area contributed by atoms with Crippen LogP contribution in [0, 0.1) is 0 Å². The Balaban J connectivity index is 2.96. The van der Waals surface area contributed by atoms with Gasteiger partial charge in [0.15, 0.2) is 0 Å². The minimum atomic E-state index is -4.34. The van der Waals surface area contributed by atoms with Gasteiger partial charge in [0.2, 0.25) is 0 Å². The van der Waals surface area contributed by atoms with Crippen LogP contribution in [0.2, 0.25) is 0 Å². The van der Waals surface area contributed by atoms with Crippen molar-refractivity contribution in [3.05, 3.63) is 21.9 Å². The number of hydrogen-bond donors (Lipinski definition) is 0. The summed E-state index contributed by atoms with van der Waals surface area (Å²) in [4.78, 5) is 10.7. The fourth-order valence-corrected chi connectivity index (χ4v) is 1.92. The summed E-state index contributed by atoms with van der Waals surface area (Å²) in [5, 5.41) is 1.35. The molecule has 5 heteroatoms. The third kappa shape index (κ3) is 2.55. The summed E-state index contributed by atoms with van der Waals surface area (Å²) in [7, 11) is 0. The van der Waals surface area contributed by atoms with Gasteiger partial charge in [-0.3, -0.25) is 4.79 Å². The lowest BCUT2D eigenvalue weighted by molar-refractivity contribution is -0.137. The quantitative estimate of drug-likeness (QED) is 0.730. The molecule has 0 aliphatic carbocycles. The second kappa shape index (κ2) is 3.49. The lowest BCUT2D eigenvalue weighted by Crippen LogP contribution is -2.08. The van der Waals surface area contributed by atoms with Gasteiger partial charge in [-0.05, 0) is 18.4 Å². The van der Waals surface area contributed by atoms with E-state index in [1.807, 2.05) is 0 Å². The molecule has 1 heterocycles. The number of ketones is 1. The highest BCUT2D eigenvalue weighted by atomic mass is 32.1. The van der Waals surface area contributed by atoms with Gasteiger partial charge in [-0.1, -0.05) is 0 Å². The Morgan fingerprint density at radius 2 is 2.15 bits per heavy atom. The van der Waals surface area contributed by atoms with Gasteiger partial charge in [0.05, 0.1) is 5.56 Å². The highest BCUT2D eigenvalue weighted by Crippen LogP contribution is 2.34. The largest absolute Gasteiger partial charge is 0.417 e. The summed E-state index contributed by atoms with van der Waals surface area (Å²) >= 11 is 0.964. The Hall–Kier alpha value is -0.840. The predicted molar refractivity (Wildman–Crippen MR) is 43.7 cm³/mol. The number of hydrogen-bond acceptors (Lipinski definition) is 2. The van der Waals surface area contributed by atoms with E-state index in [1.54, 1.807) is 0 Å². The van der Waals surface area contributed by atoms with Crippen molar-refractivity contribution in [3.63, 3.8) is 0 Å². The Morgan fingerprint density at radius 1 is 1.54 bits per heavy atom. The fraction of sp³-hybridized carbons (Fsp3) is 0.375. The molecule has 0 N–H and O–H groups in total. The van der Waals surface area contributed by atoms with E-state index in [0.717, 1.165) is 17.4 Å².